The third-order valence-electron chi connectivity index (χ3n) is 1.21. The maximum Gasteiger partial charge on any atom is 1.00 e. The quantitative estimate of drug-likeness (QED) is 0.303. The summed E-state index contributed by atoms with van der Waals surface area (Å²) < 4.78 is 14.9. The van der Waals surface area contributed by atoms with Crippen LogP contribution in [-0.2, 0) is 14.2 Å². The van der Waals surface area contributed by atoms with Gasteiger partial charge < -0.3 is 24.4 Å². The number of aliphatic hydroxyl groups is 1. The van der Waals surface area contributed by atoms with E-state index in [0.29, 0.717) is 33.0 Å². The van der Waals surface area contributed by atoms with Crippen molar-refractivity contribution >= 4 is 0 Å². The van der Waals surface area contributed by atoms with Crippen molar-refractivity contribution in [1.29, 1.82) is 0 Å². The van der Waals surface area contributed by atoms with Gasteiger partial charge in [-0.05, 0) is 0 Å². The molecular formula is C8H17KO5. The van der Waals surface area contributed by atoms with Crippen molar-refractivity contribution in [2.75, 3.05) is 52.9 Å². The number of hydrogen-bond donors (Lipinski definition) is 1. The Morgan fingerprint density at radius 3 is 1.64 bits per heavy atom. The van der Waals surface area contributed by atoms with Gasteiger partial charge in [0.2, 0.25) is 0 Å². The van der Waals surface area contributed by atoms with E-state index >= 15 is 0 Å². The van der Waals surface area contributed by atoms with Crippen LogP contribution >= 0.6 is 0 Å². The molecule has 0 amide bonds. The van der Waals surface area contributed by atoms with Crippen molar-refractivity contribution in [2.24, 2.45) is 0 Å². The van der Waals surface area contributed by atoms with Crippen molar-refractivity contribution in [1.82, 2.24) is 0 Å². The van der Waals surface area contributed by atoms with Crippen LogP contribution in [0, 0.1) is 0 Å². The molecule has 0 radical (unpaired) electrons. The van der Waals surface area contributed by atoms with Crippen LogP contribution in [0.5, 0.6) is 0 Å². The third-order valence-corrected chi connectivity index (χ3v) is 1.21. The fourth-order valence-corrected chi connectivity index (χ4v) is 0.665. The van der Waals surface area contributed by atoms with E-state index < -0.39 is 0 Å². The van der Waals surface area contributed by atoms with Gasteiger partial charge in [0.05, 0.1) is 39.6 Å². The molecule has 5 nitrogen and oxygen atoms in total. The Balaban J connectivity index is 0. The summed E-state index contributed by atoms with van der Waals surface area (Å²) in [5.74, 6) is 0. The van der Waals surface area contributed by atoms with Gasteiger partial charge >= 0.3 is 51.4 Å². The summed E-state index contributed by atoms with van der Waals surface area (Å²) in [5, 5.41) is 18.3. The molecule has 0 atom stereocenters. The Labute approximate surface area is 127 Å². The van der Waals surface area contributed by atoms with E-state index in [4.69, 9.17) is 19.3 Å². The maximum atomic E-state index is 9.93. The average molecular weight is 232 g/mol. The first kappa shape index (κ1) is 17.8. The summed E-state index contributed by atoms with van der Waals surface area (Å²) >= 11 is 0. The predicted molar refractivity (Wildman–Crippen MR) is 44.4 cm³/mol. The van der Waals surface area contributed by atoms with Gasteiger partial charge in [-0.3, -0.25) is 0 Å². The Bertz CT molecular complexity index is 83.8. The van der Waals surface area contributed by atoms with Gasteiger partial charge in [-0.25, -0.2) is 0 Å². The Kier molecular flexibility index (Phi) is 21.4. The zero-order valence-corrected chi connectivity index (χ0v) is 11.9. The molecule has 0 rings (SSSR count). The van der Waals surface area contributed by atoms with E-state index in [9.17, 15) is 5.11 Å². The Morgan fingerprint density at radius 2 is 1.21 bits per heavy atom. The standard InChI is InChI=1S/C8H17O5.K/c9-1-3-11-5-7-13-8-6-12-4-2-10;/h9H,1-8H2;/q-1;+1. The van der Waals surface area contributed by atoms with Crippen LogP contribution in [0.3, 0.4) is 0 Å². The molecule has 0 spiro atoms. The molecule has 0 aliphatic rings. The van der Waals surface area contributed by atoms with Crippen LogP contribution in [0.4, 0.5) is 0 Å². The van der Waals surface area contributed by atoms with Crippen LogP contribution in [0.1, 0.15) is 0 Å². The van der Waals surface area contributed by atoms with Gasteiger partial charge in [0.25, 0.3) is 0 Å². The zero-order valence-electron chi connectivity index (χ0n) is 8.74. The van der Waals surface area contributed by atoms with E-state index in [1.54, 1.807) is 0 Å². The fourth-order valence-electron chi connectivity index (χ4n) is 0.665. The van der Waals surface area contributed by atoms with E-state index in [1.807, 2.05) is 0 Å². The summed E-state index contributed by atoms with van der Waals surface area (Å²) in [5.41, 5.74) is 0. The normalized spacial score (nSPS) is 9.86. The van der Waals surface area contributed by atoms with Crippen LogP contribution in [0.15, 0.2) is 0 Å². The van der Waals surface area contributed by atoms with Gasteiger partial charge in [0, 0.05) is 6.61 Å². The summed E-state index contributed by atoms with van der Waals surface area (Å²) in [4.78, 5) is 0. The molecule has 0 aliphatic heterocycles. The number of aliphatic hydroxyl groups excluding tert-OH is 1. The molecule has 80 valence electrons. The van der Waals surface area contributed by atoms with Gasteiger partial charge in [-0.15, -0.1) is 6.61 Å². The van der Waals surface area contributed by atoms with Crippen LogP contribution in [0.25, 0.3) is 0 Å². The van der Waals surface area contributed by atoms with Crippen molar-refractivity contribution in [3.63, 3.8) is 0 Å². The minimum absolute atomic E-state index is 0. The number of rotatable bonds is 10. The van der Waals surface area contributed by atoms with Crippen molar-refractivity contribution in [3.8, 4) is 0 Å². The molecule has 14 heavy (non-hydrogen) atoms. The largest absolute Gasteiger partial charge is 1.00 e. The van der Waals surface area contributed by atoms with Gasteiger partial charge in [0.15, 0.2) is 0 Å². The van der Waals surface area contributed by atoms with Crippen molar-refractivity contribution in [3.05, 3.63) is 0 Å². The SMILES string of the molecule is [K+].[O-]CCOCCOCCOCCO. The summed E-state index contributed by atoms with van der Waals surface area (Å²) in [6.07, 6.45) is 0. The predicted octanol–water partition coefficient (Wildman–Crippen LogP) is -4.61. The van der Waals surface area contributed by atoms with E-state index in [0.717, 1.165) is 0 Å². The molecule has 0 fully saturated rings. The van der Waals surface area contributed by atoms with Gasteiger partial charge in [-0.1, -0.05) is 0 Å². The molecule has 0 bridgehead atoms. The molecule has 0 aromatic rings. The first-order valence-electron chi connectivity index (χ1n) is 4.34. The molecule has 0 aliphatic carbocycles. The third kappa shape index (κ3) is 15.9. The second-order valence-electron chi connectivity index (χ2n) is 2.26. The first-order valence-corrected chi connectivity index (χ1v) is 4.34. The molecular weight excluding hydrogens is 215 g/mol. The summed E-state index contributed by atoms with van der Waals surface area (Å²) in [6, 6.07) is 0. The van der Waals surface area contributed by atoms with Crippen LogP contribution < -0.4 is 56.5 Å². The monoisotopic (exact) mass is 232 g/mol. The van der Waals surface area contributed by atoms with Crippen LogP contribution in [-0.4, -0.2) is 58.0 Å². The average Bonchev–Trinajstić information content (AvgIpc) is 2.16. The fraction of sp³-hybridized carbons (Fsp3) is 1.00. The Hall–Kier alpha value is 1.44. The molecule has 1 N–H and O–H groups in total. The molecule has 0 aromatic heterocycles. The van der Waals surface area contributed by atoms with Gasteiger partial charge in [-0.2, -0.15) is 0 Å². The maximum absolute atomic E-state index is 9.93. The summed E-state index contributed by atoms with van der Waals surface area (Å²) in [7, 11) is 0. The molecule has 0 saturated heterocycles. The topological polar surface area (TPSA) is 71.0 Å². The molecule has 6 heteroatoms. The molecule has 0 saturated carbocycles. The van der Waals surface area contributed by atoms with Crippen molar-refractivity contribution in [2.45, 2.75) is 0 Å². The number of ether oxygens (including phenoxy) is 3. The molecule has 0 heterocycles. The minimum atomic E-state index is -0.209. The zero-order chi connectivity index (χ0) is 9.78. The molecule has 0 unspecified atom stereocenters. The van der Waals surface area contributed by atoms with E-state index in [2.05, 4.69) is 0 Å². The first-order chi connectivity index (χ1) is 6.41. The minimum Gasteiger partial charge on any atom is -0.853 e. The van der Waals surface area contributed by atoms with Crippen molar-refractivity contribution < 1.29 is 75.8 Å². The molecule has 0 aromatic carbocycles. The van der Waals surface area contributed by atoms with Gasteiger partial charge in [0.1, 0.15) is 0 Å². The van der Waals surface area contributed by atoms with E-state index in [-0.39, 0.29) is 71.2 Å². The second-order valence-corrected chi connectivity index (χ2v) is 2.26. The smallest absolute Gasteiger partial charge is 0.853 e. The Morgan fingerprint density at radius 1 is 0.786 bits per heavy atom. The number of hydrogen-bond acceptors (Lipinski definition) is 5. The van der Waals surface area contributed by atoms with Crippen LogP contribution in [0.2, 0.25) is 0 Å². The van der Waals surface area contributed by atoms with E-state index in [1.165, 1.54) is 0 Å². The second kappa shape index (κ2) is 16.9. The summed E-state index contributed by atoms with van der Waals surface area (Å²) in [6.45, 7) is 2.29.